The van der Waals surface area contributed by atoms with Crippen LogP contribution in [0.3, 0.4) is 0 Å². The fourth-order valence-corrected chi connectivity index (χ4v) is 5.54. The second-order valence-electron chi connectivity index (χ2n) is 15.8. The van der Waals surface area contributed by atoms with Gasteiger partial charge < -0.3 is 41.8 Å². The van der Waals surface area contributed by atoms with Crippen molar-refractivity contribution in [3.63, 3.8) is 0 Å². The first-order chi connectivity index (χ1) is 25.0. The number of Topliss-reactive ketones (excluding diaryl/α,β-unsaturated/α-hetero) is 1. The predicted molar refractivity (Wildman–Crippen MR) is 206 cm³/mol. The van der Waals surface area contributed by atoms with E-state index in [0.717, 1.165) is 0 Å². The minimum Gasteiger partial charge on any atom is -0.461 e. The third-order valence-corrected chi connectivity index (χ3v) is 8.68. The maximum Gasteiger partial charge on any atom is 0.408 e. The molecule has 5 atom stereocenters. The minimum atomic E-state index is -1.02. The maximum atomic E-state index is 13.4. The summed E-state index contributed by atoms with van der Waals surface area (Å²) in [4.78, 5) is 88.1. The Morgan fingerprint density at radius 1 is 0.722 bits per heavy atom. The summed E-state index contributed by atoms with van der Waals surface area (Å²) in [6, 6.07) is 3.36. The van der Waals surface area contributed by atoms with Crippen LogP contribution in [0.4, 0.5) is 15.3 Å². The van der Waals surface area contributed by atoms with E-state index in [9.17, 15) is 33.6 Å². The summed E-state index contributed by atoms with van der Waals surface area (Å²) in [6.45, 7) is 19.6. The van der Waals surface area contributed by atoms with E-state index >= 15 is 0 Å². The second-order valence-corrected chi connectivity index (χ2v) is 15.8. The highest BCUT2D eigenvalue weighted by atomic mass is 16.6. The van der Waals surface area contributed by atoms with Gasteiger partial charge in [-0.2, -0.15) is 0 Å². The summed E-state index contributed by atoms with van der Waals surface area (Å²) in [7, 11) is 0. The molecule has 1 rings (SSSR count). The van der Waals surface area contributed by atoms with Crippen LogP contribution in [0.2, 0.25) is 0 Å². The minimum absolute atomic E-state index is 0.00698. The molecule has 1 aromatic carbocycles. The number of urea groups is 1. The van der Waals surface area contributed by atoms with Crippen molar-refractivity contribution in [1.82, 2.24) is 21.3 Å². The summed E-state index contributed by atoms with van der Waals surface area (Å²) in [5, 5.41) is 13.4. The van der Waals surface area contributed by atoms with Gasteiger partial charge in [0.1, 0.15) is 24.3 Å². The molecule has 15 nitrogen and oxygen atoms in total. The van der Waals surface area contributed by atoms with Crippen molar-refractivity contribution in [2.24, 2.45) is 35.3 Å². The number of alkyl carbamates (subject to hydrolysis) is 1. The molecule has 0 heterocycles. The van der Waals surface area contributed by atoms with Crippen LogP contribution in [0, 0.1) is 29.6 Å². The van der Waals surface area contributed by atoms with Gasteiger partial charge in [-0.1, -0.05) is 60.6 Å². The van der Waals surface area contributed by atoms with Crippen LogP contribution in [0.25, 0.3) is 0 Å². The molecule has 7 N–H and O–H groups in total. The van der Waals surface area contributed by atoms with Crippen LogP contribution in [0.1, 0.15) is 107 Å². The number of ketones is 1. The fourth-order valence-electron chi connectivity index (χ4n) is 5.54. The Labute approximate surface area is 320 Å². The molecule has 0 spiro atoms. The molecular weight excluding hydrogens is 696 g/mol. The predicted octanol–water partition coefficient (Wildman–Crippen LogP) is 4.57. The molecular formula is C39H64N6O9. The third-order valence-electron chi connectivity index (χ3n) is 8.68. The van der Waals surface area contributed by atoms with Gasteiger partial charge >= 0.3 is 18.1 Å². The molecule has 15 heteroatoms. The molecule has 0 fully saturated rings. The summed E-state index contributed by atoms with van der Waals surface area (Å²) in [5.41, 5.74) is 5.47. The summed E-state index contributed by atoms with van der Waals surface area (Å²) < 4.78 is 10.8. The molecule has 0 saturated carbocycles. The number of carbonyl (C=O) groups is 7. The van der Waals surface area contributed by atoms with E-state index in [0.29, 0.717) is 30.5 Å². The van der Waals surface area contributed by atoms with E-state index in [2.05, 4.69) is 26.6 Å². The number of rotatable bonds is 21. The number of nitrogens with one attached hydrogen (secondary N) is 5. The summed E-state index contributed by atoms with van der Waals surface area (Å²) in [6.07, 6.45) is 0.589. The average molecular weight is 761 g/mol. The molecule has 304 valence electrons. The SMILES string of the molecule is CC(=O)[C@@H](NC(=O)[C@@H](CCC(C)C(=O)OCc1ccc(NC(=O)[C@H](CCCNC(N)=O)NC(=O)[C@@H](NC(=O)OC(C)(C)C)C(C)C)cc1)C(C)C)C(C)C. The Morgan fingerprint density at radius 2 is 1.31 bits per heavy atom. The van der Waals surface area contributed by atoms with E-state index in [1.54, 1.807) is 65.8 Å². The van der Waals surface area contributed by atoms with Crippen LogP contribution in [-0.4, -0.2) is 71.9 Å². The van der Waals surface area contributed by atoms with Crippen molar-refractivity contribution < 1.29 is 43.0 Å². The van der Waals surface area contributed by atoms with Gasteiger partial charge in [-0.3, -0.25) is 24.0 Å². The van der Waals surface area contributed by atoms with Crippen molar-refractivity contribution in [2.45, 2.75) is 132 Å². The van der Waals surface area contributed by atoms with E-state index in [1.807, 2.05) is 27.7 Å². The van der Waals surface area contributed by atoms with Crippen LogP contribution in [-0.2, 0) is 40.1 Å². The molecule has 0 aliphatic carbocycles. The number of hydrogen-bond acceptors (Lipinski definition) is 9. The average Bonchev–Trinajstić information content (AvgIpc) is 3.05. The lowest BCUT2D eigenvalue weighted by molar-refractivity contribution is -0.150. The third kappa shape index (κ3) is 17.9. The molecule has 0 saturated heterocycles. The monoisotopic (exact) mass is 760 g/mol. The van der Waals surface area contributed by atoms with E-state index < -0.39 is 59.6 Å². The number of nitrogens with two attached hydrogens (primary N) is 1. The molecule has 54 heavy (non-hydrogen) atoms. The lowest BCUT2D eigenvalue weighted by atomic mass is 9.87. The van der Waals surface area contributed by atoms with Crippen molar-refractivity contribution >= 4 is 47.3 Å². The van der Waals surface area contributed by atoms with Gasteiger partial charge in [0.25, 0.3) is 0 Å². The Kier molecular flexibility index (Phi) is 19.7. The van der Waals surface area contributed by atoms with Crippen molar-refractivity contribution in [1.29, 1.82) is 0 Å². The van der Waals surface area contributed by atoms with Crippen LogP contribution < -0.4 is 32.3 Å². The number of anilines is 1. The lowest BCUT2D eigenvalue weighted by Crippen LogP contribution is -2.55. The quantitative estimate of drug-likeness (QED) is 0.0762. The maximum absolute atomic E-state index is 13.4. The van der Waals surface area contributed by atoms with E-state index in [4.69, 9.17) is 15.2 Å². The van der Waals surface area contributed by atoms with E-state index in [1.165, 1.54) is 6.92 Å². The number of carbonyl (C=O) groups excluding carboxylic acids is 7. The zero-order valence-corrected chi connectivity index (χ0v) is 33.9. The fraction of sp³-hybridized carbons (Fsp3) is 0.667. The van der Waals surface area contributed by atoms with Gasteiger partial charge in [-0.25, -0.2) is 9.59 Å². The Hall–Kier alpha value is -4.69. The Bertz CT molecular complexity index is 1420. The van der Waals surface area contributed by atoms with Gasteiger partial charge in [0.2, 0.25) is 17.7 Å². The van der Waals surface area contributed by atoms with Crippen LogP contribution in [0.5, 0.6) is 0 Å². The van der Waals surface area contributed by atoms with Gasteiger partial charge in [-0.15, -0.1) is 0 Å². The Morgan fingerprint density at radius 3 is 1.81 bits per heavy atom. The Balaban J connectivity index is 2.87. The molecule has 0 bridgehead atoms. The first-order valence-corrected chi connectivity index (χ1v) is 18.7. The zero-order chi connectivity index (χ0) is 41.3. The number of benzene rings is 1. The second kappa shape index (κ2) is 22.5. The highest BCUT2D eigenvalue weighted by molar-refractivity contribution is 5.98. The first-order valence-electron chi connectivity index (χ1n) is 18.7. The molecule has 0 aliphatic rings. The molecule has 6 amide bonds. The topological polar surface area (TPSA) is 224 Å². The lowest BCUT2D eigenvalue weighted by Gasteiger charge is -2.27. The number of amides is 6. The normalized spacial score (nSPS) is 14.3. The standard InChI is InChI=1S/C39H64N6O9/c1-22(2)29(33(47)44-31(23(3)4)26(8)46)19-14-25(7)36(50)53-21-27-15-17-28(18-16-27)42-34(48)30(13-12-20-41-37(40)51)43-35(49)32(24(5)6)45-38(52)54-39(9,10)11/h15-18,22-25,29-32H,12-14,19-21H2,1-11H3,(H,42,48)(H,43,49)(H,44,47)(H,45,52)(H3,40,41,51)/t25?,29-,30-,31-,32-/m0/s1. The zero-order valence-electron chi connectivity index (χ0n) is 33.9. The van der Waals surface area contributed by atoms with Crippen LogP contribution in [0.15, 0.2) is 24.3 Å². The first kappa shape index (κ1) is 47.3. The molecule has 1 unspecified atom stereocenters. The van der Waals surface area contributed by atoms with E-state index in [-0.39, 0.29) is 54.9 Å². The number of esters is 1. The molecule has 0 aromatic heterocycles. The van der Waals surface area contributed by atoms with Gasteiger partial charge in [0.15, 0.2) is 5.78 Å². The molecule has 1 aromatic rings. The highest BCUT2D eigenvalue weighted by Gasteiger charge is 2.31. The highest BCUT2D eigenvalue weighted by Crippen LogP contribution is 2.23. The summed E-state index contributed by atoms with van der Waals surface area (Å²) >= 11 is 0. The van der Waals surface area contributed by atoms with Gasteiger partial charge in [0.05, 0.1) is 12.0 Å². The largest absolute Gasteiger partial charge is 0.461 e. The van der Waals surface area contributed by atoms with Crippen LogP contribution >= 0.6 is 0 Å². The number of hydrogen-bond donors (Lipinski definition) is 6. The smallest absolute Gasteiger partial charge is 0.408 e. The van der Waals surface area contributed by atoms with Crippen molar-refractivity contribution in [3.8, 4) is 0 Å². The summed E-state index contributed by atoms with van der Waals surface area (Å²) in [5.74, 6) is -3.01. The number of primary amides is 1. The van der Waals surface area contributed by atoms with Gasteiger partial charge in [-0.05, 0) is 88.8 Å². The molecule has 0 radical (unpaired) electrons. The number of ether oxygens (including phenoxy) is 2. The van der Waals surface area contributed by atoms with Crippen molar-refractivity contribution in [2.75, 3.05) is 11.9 Å². The van der Waals surface area contributed by atoms with Gasteiger partial charge in [0, 0.05) is 18.2 Å². The molecule has 0 aliphatic heterocycles. The van der Waals surface area contributed by atoms with Crippen molar-refractivity contribution in [3.05, 3.63) is 29.8 Å².